The molecule has 2 aromatic rings. The van der Waals surface area contributed by atoms with E-state index in [1.54, 1.807) is 6.92 Å². The standard InChI is InChI=1S/C24H32N4O/c1-18(20-8-4-3-5-9-20)11-14-27-13-7-6-10-23(27)24-25-16-21-17-28(19(2)29)15-12-22(21)26-24/h3-5,8-9,16,18,23H,6-7,10-15,17H2,1-2H3/t18-,23-/m1/s1. The van der Waals surface area contributed by atoms with Crippen molar-refractivity contribution in [3.8, 4) is 0 Å². The number of amides is 1. The smallest absolute Gasteiger partial charge is 0.219 e. The van der Waals surface area contributed by atoms with Gasteiger partial charge in [-0.3, -0.25) is 9.69 Å². The first-order valence-corrected chi connectivity index (χ1v) is 11.0. The third-order valence-electron chi connectivity index (χ3n) is 6.53. The summed E-state index contributed by atoms with van der Waals surface area (Å²) in [5, 5.41) is 0. The molecule has 5 heteroatoms. The molecule has 0 N–H and O–H groups in total. The summed E-state index contributed by atoms with van der Waals surface area (Å²) in [7, 11) is 0. The zero-order chi connectivity index (χ0) is 20.2. The lowest BCUT2D eigenvalue weighted by Crippen LogP contribution is -2.37. The highest BCUT2D eigenvalue weighted by Gasteiger charge is 2.28. The first kappa shape index (κ1) is 20.0. The van der Waals surface area contributed by atoms with Gasteiger partial charge in [0.2, 0.25) is 5.91 Å². The Kier molecular flexibility index (Phi) is 6.24. The van der Waals surface area contributed by atoms with Crippen LogP contribution in [0.25, 0.3) is 0 Å². The van der Waals surface area contributed by atoms with Gasteiger partial charge in [-0.1, -0.05) is 43.7 Å². The molecule has 3 heterocycles. The Bertz CT molecular complexity index is 838. The number of rotatable bonds is 5. The van der Waals surface area contributed by atoms with E-state index in [0.29, 0.717) is 18.5 Å². The fraction of sp³-hybridized carbons (Fsp3) is 0.542. The fourth-order valence-electron chi connectivity index (χ4n) is 4.62. The molecular weight excluding hydrogens is 360 g/mol. The van der Waals surface area contributed by atoms with Crippen LogP contribution in [0.5, 0.6) is 0 Å². The fourth-order valence-corrected chi connectivity index (χ4v) is 4.62. The highest BCUT2D eigenvalue weighted by atomic mass is 16.2. The predicted octanol–water partition coefficient (Wildman–Crippen LogP) is 4.10. The Morgan fingerprint density at radius 2 is 2.03 bits per heavy atom. The summed E-state index contributed by atoms with van der Waals surface area (Å²) in [6.07, 6.45) is 7.59. The Balaban J connectivity index is 1.44. The van der Waals surface area contributed by atoms with E-state index in [4.69, 9.17) is 9.97 Å². The summed E-state index contributed by atoms with van der Waals surface area (Å²) in [5.41, 5.74) is 3.66. The van der Waals surface area contributed by atoms with Gasteiger partial charge in [0.25, 0.3) is 0 Å². The van der Waals surface area contributed by atoms with Gasteiger partial charge in [-0.15, -0.1) is 0 Å². The van der Waals surface area contributed by atoms with Crippen molar-refractivity contribution in [1.82, 2.24) is 19.8 Å². The third kappa shape index (κ3) is 4.67. The van der Waals surface area contributed by atoms with Crippen LogP contribution in [0.3, 0.4) is 0 Å². The number of nitrogens with zero attached hydrogens (tertiary/aromatic N) is 4. The van der Waals surface area contributed by atoms with Crippen molar-refractivity contribution in [1.29, 1.82) is 0 Å². The zero-order valence-electron chi connectivity index (χ0n) is 17.7. The van der Waals surface area contributed by atoms with Gasteiger partial charge in [0, 0.05) is 38.2 Å². The van der Waals surface area contributed by atoms with Gasteiger partial charge >= 0.3 is 0 Å². The van der Waals surface area contributed by atoms with Crippen molar-refractivity contribution in [2.75, 3.05) is 19.6 Å². The van der Waals surface area contributed by atoms with E-state index >= 15 is 0 Å². The van der Waals surface area contributed by atoms with Crippen molar-refractivity contribution in [3.63, 3.8) is 0 Å². The molecular formula is C24H32N4O. The molecule has 1 fully saturated rings. The summed E-state index contributed by atoms with van der Waals surface area (Å²) in [4.78, 5) is 25.9. The van der Waals surface area contributed by atoms with E-state index in [1.807, 2.05) is 11.1 Å². The van der Waals surface area contributed by atoms with Crippen LogP contribution in [0.15, 0.2) is 36.5 Å². The van der Waals surface area contributed by atoms with Crippen LogP contribution >= 0.6 is 0 Å². The number of hydrogen-bond donors (Lipinski definition) is 0. The van der Waals surface area contributed by atoms with Gasteiger partial charge in [0.05, 0.1) is 11.7 Å². The number of fused-ring (bicyclic) bond motifs is 1. The normalized spacial score (nSPS) is 20.9. The molecule has 1 saturated heterocycles. The van der Waals surface area contributed by atoms with E-state index in [2.05, 4.69) is 42.2 Å². The number of piperidine rings is 1. The van der Waals surface area contributed by atoms with E-state index in [9.17, 15) is 4.79 Å². The molecule has 154 valence electrons. The molecule has 0 aliphatic carbocycles. The van der Waals surface area contributed by atoms with Gasteiger partial charge in [0.1, 0.15) is 5.82 Å². The van der Waals surface area contributed by atoms with E-state index in [-0.39, 0.29) is 5.91 Å². The monoisotopic (exact) mass is 392 g/mol. The summed E-state index contributed by atoms with van der Waals surface area (Å²) < 4.78 is 0. The predicted molar refractivity (Wildman–Crippen MR) is 114 cm³/mol. The molecule has 1 amide bonds. The summed E-state index contributed by atoms with van der Waals surface area (Å²) in [5.74, 6) is 1.67. The largest absolute Gasteiger partial charge is 0.338 e. The van der Waals surface area contributed by atoms with E-state index in [0.717, 1.165) is 56.0 Å². The van der Waals surface area contributed by atoms with Crippen molar-refractivity contribution < 1.29 is 4.79 Å². The molecule has 2 atom stereocenters. The molecule has 0 unspecified atom stereocenters. The molecule has 0 bridgehead atoms. The Labute approximate surface area is 174 Å². The first-order valence-electron chi connectivity index (χ1n) is 11.0. The number of carbonyl (C=O) groups excluding carboxylic acids is 1. The van der Waals surface area contributed by atoms with Crippen molar-refractivity contribution >= 4 is 5.91 Å². The minimum absolute atomic E-state index is 0.130. The van der Waals surface area contributed by atoms with E-state index in [1.165, 1.54) is 18.4 Å². The average Bonchev–Trinajstić information content (AvgIpc) is 2.77. The molecule has 0 saturated carbocycles. The minimum Gasteiger partial charge on any atom is -0.338 e. The lowest BCUT2D eigenvalue weighted by Gasteiger charge is -2.36. The van der Waals surface area contributed by atoms with Crippen molar-refractivity contribution in [3.05, 3.63) is 59.2 Å². The number of likely N-dealkylation sites (tertiary alicyclic amines) is 1. The SMILES string of the molecule is CC(=O)N1CCc2nc([C@H]3CCCCN3CC[C@@H](C)c3ccccc3)ncc2C1. The number of carbonyl (C=O) groups is 1. The Morgan fingerprint density at radius 3 is 2.83 bits per heavy atom. The average molecular weight is 393 g/mol. The number of hydrogen-bond acceptors (Lipinski definition) is 4. The topological polar surface area (TPSA) is 49.3 Å². The van der Waals surface area contributed by atoms with Crippen molar-refractivity contribution in [2.24, 2.45) is 0 Å². The van der Waals surface area contributed by atoms with Crippen LogP contribution in [0, 0.1) is 0 Å². The zero-order valence-corrected chi connectivity index (χ0v) is 17.7. The van der Waals surface area contributed by atoms with Crippen LogP contribution in [-0.4, -0.2) is 45.3 Å². The lowest BCUT2D eigenvalue weighted by atomic mass is 9.95. The number of benzene rings is 1. The Hall–Kier alpha value is -2.27. The summed E-state index contributed by atoms with van der Waals surface area (Å²) >= 11 is 0. The quantitative estimate of drug-likeness (QED) is 0.769. The maximum Gasteiger partial charge on any atom is 0.219 e. The maximum absolute atomic E-state index is 11.7. The number of aromatic nitrogens is 2. The van der Waals surface area contributed by atoms with Crippen LogP contribution in [-0.2, 0) is 17.8 Å². The molecule has 0 radical (unpaired) electrons. The molecule has 2 aliphatic heterocycles. The van der Waals surface area contributed by atoms with Crippen LogP contribution in [0.1, 0.15) is 74.1 Å². The summed E-state index contributed by atoms with van der Waals surface area (Å²) in [6.45, 7) is 7.58. The van der Waals surface area contributed by atoms with Crippen molar-refractivity contribution in [2.45, 2.75) is 64.5 Å². The Morgan fingerprint density at radius 1 is 1.21 bits per heavy atom. The molecule has 1 aromatic heterocycles. The second-order valence-corrected chi connectivity index (χ2v) is 8.54. The molecule has 4 rings (SSSR count). The lowest BCUT2D eigenvalue weighted by molar-refractivity contribution is -0.129. The van der Waals surface area contributed by atoms with Crippen LogP contribution in [0.4, 0.5) is 0 Å². The molecule has 29 heavy (non-hydrogen) atoms. The van der Waals surface area contributed by atoms with Gasteiger partial charge in [-0.05, 0) is 43.8 Å². The first-order chi connectivity index (χ1) is 14.1. The van der Waals surface area contributed by atoms with Gasteiger partial charge in [-0.2, -0.15) is 0 Å². The van der Waals surface area contributed by atoms with Crippen LogP contribution in [0.2, 0.25) is 0 Å². The molecule has 1 aromatic carbocycles. The highest BCUT2D eigenvalue weighted by Crippen LogP contribution is 2.31. The molecule has 2 aliphatic rings. The summed E-state index contributed by atoms with van der Waals surface area (Å²) in [6, 6.07) is 11.1. The minimum atomic E-state index is 0.130. The van der Waals surface area contributed by atoms with Crippen LogP contribution < -0.4 is 0 Å². The van der Waals surface area contributed by atoms with Gasteiger partial charge in [0.15, 0.2) is 0 Å². The maximum atomic E-state index is 11.7. The second kappa shape index (κ2) is 9.04. The highest BCUT2D eigenvalue weighted by molar-refractivity contribution is 5.73. The van der Waals surface area contributed by atoms with Gasteiger partial charge in [-0.25, -0.2) is 9.97 Å². The van der Waals surface area contributed by atoms with Gasteiger partial charge < -0.3 is 4.90 Å². The molecule has 0 spiro atoms. The van der Waals surface area contributed by atoms with E-state index < -0.39 is 0 Å². The molecule has 5 nitrogen and oxygen atoms in total. The third-order valence-corrected chi connectivity index (χ3v) is 6.53. The second-order valence-electron chi connectivity index (χ2n) is 8.54.